The number of hydrogen-bond donors (Lipinski definition) is 2. The highest BCUT2D eigenvalue weighted by atomic mass is 19.1. The van der Waals surface area contributed by atoms with Gasteiger partial charge in [-0.3, -0.25) is 19.4 Å². The van der Waals surface area contributed by atoms with Crippen LogP contribution in [0.25, 0.3) is 0 Å². The Kier molecular flexibility index (Phi) is 5.23. The van der Waals surface area contributed by atoms with Gasteiger partial charge in [0.15, 0.2) is 17.7 Å². The number of benzene rings is 1. The van der Waals surface area contributed by atoms with E-state index >= 15 is 0 Å². The molecule has 3 heterocycles. The SMILES string of the molecule is C[C@@H]1CCO[C@H]2Cn3cc(C(=O)N(N)Cc4ccc(F)cc4F)c(=O)c(O)c3C(=O)N12. The fourth-order valence-electron chi connectivity index (χ4n) is 3.87. The molecule has 0 unspecified atom stereocenters. The quantitative estimate of drug-likeness (QED) is 0.422. The van der Waals surface area contributed by atoms with Gasteiger partial charge in [0, 0.05) is 23.9 Å². The monoisotopic (exact) mass is 434 g/mol. The van der Waals surface area contributed by atoms with E-state index in [0.29, 0.717) is 24.1 Å². The zero-order valence-electron chi connectivity index (χ0n) is 16.5. The first-order chi connectivity index (χ1) is 14.7. The van der Waals surface area contributed by atoms with Crippen molar-refractivity contribution in [3.8, 4) is 5.75 Å². The Labute approximate surface area is 175 Å². The summed E-state index contributed by atoms with van der Waals surface area (Å²) in [5.74, 6) is 1.61. The minimum Gasteiger partial charge on any atom is -0.503 e. The number of fused-ring (bicyclic) bond motifs is 2. The summed E-state index contributed by atoms with van der Waals surface area (Å²) in [6.07, 6.45) is 1.15. The van der Waals surface area contributed by atoms with E-state index in [9.17, 15) is 28.3 Å². The highest BCUT2D eigenvalue weighted by Gasteiger charge is 2.41. The number of rotatable bonds is 3. The van der Waals surface area contributed by atoms with Crippen molar-refractivity contribution in [2.75, 3.05) is 6.61 Å². The number of aromatic nitrogens is 1. The lowest BCUT2D eigenvalue weighted by Crippen LogP contribution is -2.57. The smallest absolute Gasteiger partial charge is 0.276 e. The molecule has 9 nitrogen and oxygen atoms in total. The van der Waals surface area contributed by atoms with Crippen LogP contribution in [-0.2, 0) is 17.8 Å². The van der Waals surface area contributed by atoms with Crippen molar-refractivity contribution in [1.29, 1.82) is 0 Å². The molecule has 0 saturated carbocycles. The van der Waals surface area contributed by atoms with E-state index in [4.69, 9.17) is 10.6 Å². The van der Waals surface area contributed by atoms with Gasteiger partial charge in [0.1, 0.15) is 17.2 Å². The van der Waals surface area contributed by atoms with Crippen LogP contribution in [0.4, 0.5) is 8.78 Å². The summed E-state index contributed by atoms with van der Waals surface area (Å²) in [6.45, 7) is 1.96. The molecule has 0 spiro atoms. The standard InChI is InChI=1S/C20H20F2N4O5/c1-10-4-5-31-15-9-24-8-13(17(27)18(28)16(24)20(30)26(10)15)19(29)25(23)7-11-2-3-12(21)6-14(11)22/h2-3,6,8,10,15,28H,4-5,7,9,23H2,1H3/t10-,15+/m1/s1. The molecular weight excluding hydrogens is 414 g/mol. The highest BCUT2D eigenvalue weighted by molar-refractivity contribution is 5.99. The molecule has 2 atom stereocenters. The third kappa shape index (κ3) is 3.55. The van der Waals surface area contributed by atoms with Gasteiger partial charge in [-0.1, -0.05) is 6.07 Å². The van der Waals surface area contributed by atoms with Crippen LogP contribution in [-0.4, -0.2) is 50.3 Å². The third-order valence-electron chi connectivity index (χ3n) is 5.52. The Balaban J connectivity index is 1.67. The van der Waals surface area contributed by atoms with Crippen LogP contribution in [0.2, 0.25) is 0 Å². The molecule has 1 aromatic carbocycles. The molecule has 0 aliphatic carbocycles. The van der Waals surface area contributed by atoms with E-state index in [-0.39, 0.29) is 23.8 Å². The second-order valence-corrected chi connectivity index (χ2v) is 7.57. The number of ether oxygens (including phenoxy) is 1. The third-order valence-corrected chi connectivity index (χ3v) is 5.52. The first-order valence-electron chi connectivity index (χ1n) is 9.60. The number of halogens is 2. The predicted molar refractivity (Wildman–Crippen MR) is 103 cm³/mol. The van der Waals surface area contributed by atoms with Gasteiger partial charge in [0.05, 0.1) is 19.7 Å². The van der Waals surface area contributed by atoms with E-state index in [2.05, 4.69) is 0 Å². The fourth-order valence-corrected chi connectivity index (χ4v) is 3.87. The molecule has 2 aromatic rings. The van der Waals surface area contributed by atoms with E-state index in [1.165, 1.54) is 9.47 Å². The van der Waals surface area contributed by atoms with Crippen LogP contribution in [0.15, 0.2) is 29.2 Å². The van der Waals surface area contributed by atoms with Crippen molar-refractivity contribution in [1.82, 2.24) is 14.5 Å². The van der Waals surface area contributed by atoms with Crippen LogP contribution >= 0.6 is 0 Å². The van der Waals surface area contributed by atoms with E-state index in [1.54, 1.807) is 0 Å². The van der Waals surface area contributed by atoms with Crippen molar-refractivity contribution in [2.24, 2.45) is 5.84 Å². The zero-order chi connectivity index (χ0) is 22.4. The number of nitrogens with two attached hydrogens (primary N) is 1. The Morgan fingerprint density at radius 1 is 1.35 bits per heavy atom. The first kappa shape index (κ1) is 20.9. The lowest BCUT2D eigenvalue weighted by molar-refractivity contribution is -0.112. The van der Waals surface area contributed by atoms with Crippen molar-refractivity contribution in [3.05, 3.63) is 63.1 Å². The summed E-state index contributed by atoms with van der Waals surface area (Å²) in [5.41, 5.74) is -1.85. The van der Waals surface area contributed by atoms with Gasteiger partial charge in [-0.25, -0.2) is 14.6 Å². The van der Waals surface area contributed by atoms with Crippen LogP contribution in [0.5, 0.6) is 5.75 Å². The molecule has 0 bridgehead atoms. The number of nitrogens with zero attached hydrogens (tertiary/aromatic N) is 3. The van der Waals surface area contributed by atoms with Gasteiger partial charge >= 0.3 is 0 Å². The molecule has 3 N–H and O–H groups in total. The van der Waals surface area contributed by atoms with Crippen molar-refractivity contribution in [2.45, 2.75) is 38.7 Å². The van der Waals surface area contributed by atoms with Gasteiger partial charge in [-0.2, -0.15) is 0 Å². The average molecular weight is 434 g/mol. The lowest BCUT2D eigenvalue weighted by Gasteiger charge is -2.44. The maximum atomic E-state index is 13.9. The second kappa shape index (κ2) is 7.75. The van der Waals surface area contributed by atoms with Crippen molar-refractivity contribution < 1.29 is 28.2 Å². The van der Waals surface area contributed by atoms with Gasteiger partial charge < -0.3 is 19.3 Å². The number of aromatic hydroxyl groups is 1. The maximum Gasteiger partial charge on any atom is 0.276 e. The Morgan fingerprint density at radius 3 is 2.81 bits per heavy atom. The van der Waals surface area contributed by atoms with Crippen LogP contribution < -0.4 is 11.3 Å². The second-order valence-electron chi connectivity index (χ2n) is 7.57. The molecule has 2 amide bonds. The van der Waals surface area contributed by atoms with E-state index in [1.807, 2.05) is 6.92 Å². The summed E-state index contributed by atoms with van der Waals surface area (Å²) in [4.78, 5) is 39.8. The molecule has 2 aliphatic rings. The summed E-state index contributed by atoms with van der Waals surface area (Å²) in [7, 11) is 0. The summed E-state index contributed by atoms with van der Waals surface area (Å²) >= 11 is 0. The van der Waals surface area contributed by atoms with Gasteiger partial charge in [0.25, 0.3) is 11.8 Å². The summed E-state index contributed by atoms with van der Waals surface area (Å²) in [6, 6.07) is 2.65. The molecule has 1 saturated heterocycles. The molecule has 0 radical (unpaired) electrons. The largest absolute Gasteiger partial charge is 0.503 e. The molecular formula is C20H20F2N4O5. The minimum atomic E-state index is -1.07. The van der Waals surface area contributed by atoms with Crippen LogP contribution in [0.3, 0.4) is 0 Å². The number of pyridine rings is 1. The summed E-state index contributed by atoms with van der Waals surface area (Å²) < 4.78 is 33.9. The molecule has 1 aromatic heterocycles. The normalized spacial score (nSPS) is 20.3. The number of carbonyl (C=O) groups excluding carboxylic acids is 2. The van der Waals surface area contributed by atoms with E-state index < -0.39 is 53.0 Å². The molecule has 164 valence electrons. The molecule has 4 rings (SSSR count). The fraction of sp³-hybridized carbons (Fsp3) is 0.350. The zero-order valence-corrected chi connectivity index (χ0v) is 16.5. The van der Waals surface area contributed by atoms with E-state index in [0.717, 1.165) is 18.3 Å². The Morgan fingerprint density at radius 2 is 2.10 bits per heavy atom. The number of hydrogen-bond acceptors (Lipinski definition) is 6. The average Bonchev–Trinajstić information content (AvgIpc) is 2.72. The number of amides is 2. The van der Waals surface area contributed by atoms with Crippen LogP contribution in [0, 0.1) is 11.6 Å². The maximum absolute atomic E-state index is 13.9. The Hall–Kier alpha value is -3.31. The topological polar surface area (TPSA) is 118 Å². The molecule has 2 aliphatic heterocycles. The Bertz CT molecular complexity index is 1140. The highest BCUT2D eigenvalue weighted by Crippen LogP contribution is 2.29. The minimum absolute atomic E-state index is 0.0602. The van der Waals surface area contributed by atoms with Crippen molar-refractivity contribution >= 4 is 11.8 Å². The van der Waals surface area contributed by atoms with Gasteiger partial charge in [-0.15, -0.1) is 0 Å². The van der Waals surface area contributed by atoms with Crippen LogP contribution in [0.1, 0.15) is 39.8 Å². The van der Waals surface area contributed by atoms with Crippen molar-refractivity contribution in [3.63, 3.8) is 0 Å². The van der Waals surface area contributed by atoms with Gasteiger partial charge in [-0.05, 0) is 19.4 Å². The summed E-state index contributed by atoms with van der Waals surface area (Å²) in [5, 5.41) is 11.0. The number of carbonyl (C=O) groups is 2. The first-order valence-corrected chi connectivity index (χ1v) is 9.60. The lowest BCUT2D eigenvalue weighted by atomic mass is 10.1. The molecule has 1 fully saturated rings. The molecule has 31 heavy (non-hydrogen) atoms. The number of hydrazine groups is 1. The van der Waals surface area contributed by atoms with Gasteiger partial charge in [0.2, 0.25) is 5.43 Å². The predicted octanol–water partition coefficient (Wildman–Crippen LogP) is 0.939. The molecule has 11 heteroatoms.